The predicted molar refractivity (Wildman–Crippen MR) is 74.8 cm³/mol. The lowest BCUT2D eigenvalue weighted by atomic mass is 9.94. The van der Waals surface area contributed by atoms with Gasteiger partial charge in [0.05, 0.1) is 11.3 Å². The van der Waals surface area contributed by atoms with Crippen molar-refractivity contribution in [3.8, 4) is 0 Å². The van der Waals surface area contributed by atoms with Crippen molar-refractivity contribution < 1.29 is 4.74 Å². The molecular formula is C14H27N3O. The Kier molecular flexibility index (Phi) is 5.35. The molecule has 4 nitrogen and oxygen atoms in total. The van der Waals surface area contributed by atoms with Crippen molar-refractivity contribution in [2.75, 3.05) is 13.7 Å². The van der Waals surface area contributed by atoms with E-state index in [0.29, 0.717) is 0 Å². The van der Waals surface area contributed by atoms with Crippen LogP contribution in [-0.2, 0) is 18.2 Å². The maximum atomic E-state index is 5.62. The molecule has 1 aromatic rings. The van der Waals surface area contributed by atoms with Gasteiger partial charge in [-0.05, 0) is 39.8 Å². The highest BCUT2D eigenvalue weighted by atomic mass is 16.5. The van der Waals surface area contributed by atoms with Crippen LogP contribution in [0, 0.1) is 6.92 Å². The molecule has 4 heteroatoms. The van der Waals surface area contributed by atoms with Gasteiger partial charge in [-0.2, -0.15) is 5.10 Å². The molecule has 1 unspecified atom stereocenters. The summed E-state index contributed by atoms with van der Waals surface area (Å²) in [5, 5.41) is 7.98. The quantitative estimate of drug-likeness (QED) is 0.808. The zero-order valence-electron chi connectivity index (χ0n) is 12.6. The minimum Gasteiger partial charge on any atom is -0.377 e. The zero-order chi connectivity index (χ0) is 13.8. The van der Waals surface area contributed by atoms with Crippen molar-refractivity contribution in [1.29, 1.82) is 0 Å². The van der Waals surface area contributed by atoms with Gasteiger partial charge in [-0.15, -0.1) is 0 Å². The average molecular weight is 253 g/mol. The van der Waals surface area contributed by atoms with E-state index in [-0.39, 0.29) is 11.6 Å². The first kappa shape index (κ1) is 15.2. The molecule has 1 heterocycles. The van der Waals surface area contributed by atoms with Crippen molar-refractivity contribution in [3.63, 3.8) is 0 Å². The van der Waals surface area contributed by atoms with Gasteiger partial charge in [0, 0.05) is 32.3 Å². The number of aromatic nitrogens is 2. The number of nitrogens with one attached hydrogen (secondary N) is 1. The molecule has 1 atom stereocenters. The van der Waals surface area contributed by atoms with Crippen molar-refractivity contribution in [3.05, 3.63) is 17.5 Å². The molecule has 1 rings (SSSR count). The molecule has 18 heavy (non-hydrogen) atoms. The maximum Gasteiger partial charge on any atom is 0.0778 e. The van der Waals surface area contributed by atoms with E-state index in [4.69, 9.17) is 4.74 Å². The summed E-state index contributed by atoms with van der Waals surface area (Å²) in [6.45, 7) is 9.47. The first-order valence-corrected chi connectivity index (χ1v) is 6.68. The van der Waals surface area contributed by atoms with E-state index in [1.807, 2.05) is 18.7 Å². The number of rotatable bonds is 7. The fourth-order valence-corrected chi connectivity index (χ4v) is 2.09. The first-order valence-electron chi connectivity index (χ1n) is 6.68. The smallest absolute Gasteiger partial charge is 0.0778 e. The van der Waals surface area contributed by atoms with E-state index in [1.165, 1.54) is 5.69 Å². The number of methoxy groups -OCH3 is 1. The van der Waals surface area contributed by atoms with Gasteiger partial charge in [-0.25, -0.2) is 0 Å². The molecule has 0 amide bonds. The molecule has 0 saturated heterocycles. The standard InChI is InChI=1S/C14H27N3O/c1-7-8-15-13(14(3,4)18-6)10-12-9-11(2)16-17(12)5/h9,13,15H,7-8,10H2,1-6H3. The minimum atomic E-state index is -0.187. The number of aryl methyl sites for hydroxylation is 2. The van der Waals surface area contributed by atoms with E-state index in [9.17, 15) is 0 Å². The minimum absolute atomic E-state index is 0.187. The van der Waals surface area contributed by atoms with Crippen LogP contribution in [-0.4, -0.2) is 35.1 Å². The summed E-state index contributed by atoms with van der Waals surface area (Å²) in [5.41, 5.74) is 2.12. The second-order valence-electron chi connectivity index (χ2n) is 5.42. The largest absolute Gasteiger partial charge is 0.377 e. The van der Waals surface area contributed by atoms with Crippen LogP contribution in [0.2, 0.25) is 0 Å². The number of ether oxygens (including phenoxy) is 1. The third-order valence-electron chi connectivity index (χ3n) is 3.52. The van der Waals surface area contributed by atoms with Gasteiger partial charge < -0.3 is 10.1 Å². The van der Waals surface area contributed by atoms with Gasteiger partial charge in [0.1, 0.15) is 0 Å². The SMILES string of the molecule is CCCNC(Cc1cc(C)nn1C)C(C)(C)OC. The van der Waals surface area contributed by atoms with Gasteiger partial charge in [-0.3, -0.25) is 4.68 Å². The lowest BCUT2D eigenvalue weighted by Gasteiger charge is -2.34. The average Bonchev–Trinajstić information content (AvgIpc) is 2.63. The predicted octanol–water partition coefficient (Wildman–Crippen LogP) is 2.06. The molecule has 0 aliphatic heterocycles. The summed E-state index contributed by atoms with van der Waals surface area (Å²) in [4.78, 5) is 0. The van der Waals surface area contributed by atoms with Crippen LogP contribution in [0.5, 0.6) is 0 Å². The fraction of sp³-hybridized carbons (Fsp3) is 0.786. The maximum absolute atomic E-state index is 5.62. The third kappa shape index (κ3) is 3.82. The Morgan fingerprint density at radius 3 is 2.61 bits per heavy atom. The van der Waals surface area contributed by atoms with Gasteiger partial charge in [0.25, 0.3) is 0 Å². The van der Waals surface area contributed by atoms with Gasteiger partial charge in [-0.1, -0.05) is 6.92 Å². The van der Waals surface area contributed by atoms with E-state index in [1.54, 1.807) is 7.11 Å². The first-order chi connectivity index (χ1) is 8.40. The van der Waals surface area contributed by atoms with Crippen molar-refractivity contribution in [2.45, 2.75) is 52.2 Å². The Balaban J connectivity index is 2.81. The Labute approximate surface area is 111 Å². The van der Waals surface area contributed by atoms with E-state index in [2.05, 4.69) is 37.3 Å². The molecule has 0 radical (unpaired) electrons. The van der Waals surface area contributed by atoms with E-state index >= 15 is 0 Å². The molecular weight excluding hydrogens is 226 g/mol. The molecule has 0 spiro atoms. The second-order valence-corrected chi connectivity index (χ2v) is 5.42. The van der Waals surface area contributed by atoms with Crippen molar-refractivity contribution in [2.24, 2.45) is 7.05 Å². The normalized spacial score (nSPS) is 13.9. The van der Waals surface area contributed by atoms with Crippen LogP contribution in [0.1, 0.15) is 38.6 Å². The number of nitrogens with zero attached hydrogens (tertiary/aromatic N) is 2. The molecule has 0 saturated carbocycles. The van der Waals surface area contributed by atoms with E-state index in [0.717, 1.165) is 25.1 Å². The van der Waals surface area contributed by atoms with Gasteiger partial charge >= 0.3 is 0 Å². The molecule has 0 aliphatic carbocycles. The molecule has 0 bridgehead atoms. The Hall–Kier alpha value is -0.870. The van der Waals surface area contributed by atoms with Crippen LogP contribution >= 0.6 is 0 Å². The lowest BCUT2D eigenvalue weighted by Crippen LogP contribution is -2.50. The molecule has 104 valence electrons. The number of hydrogen-bond donors (Lipinski definition) is 1. The Morgan fingerprint density at radius 2 is 2.17 bits per heavy atom. The van der Waals surface area contributed by atoms with Gasteiger partial charge in [0.15, 0.2) is 0 Å². The Morgan fingerprint density at radius 1 is 1.50 bits per heavy atom. The van der Waals surface area contributed by atoms with Crippen LogP contribution in [0.4, 0.5) is 0 Å². The van der Waals surface area contributed by atoms with E-state index < -0.39 is 0 Å². The highest BCUT2D eigenvalue weighted by Crippen LogP contribution is 2.18. The molecule has 1 N–H and O–H groups in total. The van der Waals surface area contributed by atoms with Crippen LogP contribution in [0.25, 0.3) is 0 Å². The van der Waals surface area contributed by atoms with Crippen LogP contribution in [0.3, 0.4) is 0 Å². The molecule has 0 aliphatic rings. The van der Waals surface area contributed by atoms with Crippen LogP contribution < -0.4 is 5.32 Å². The fourth-order valence-electron chi connectivity index (χ4n) is 2.09. The lowest BCUT2D eigenvalue weighted by molar-refractivity contribution is -0.0104. The Bertz CT molecular complexity index is 371. The molecule has 0 fully saturated rings. The highest BCUT2D eigenvalue weighted by Gasteiger charge is 2.29. The summed E-state index contributed by atoms with van der Waals surface area (Å²) in [7, 11) is 3.77. The number of hydrogen-bond acceptors (Lipinski definition) is 3. The third-order valence-corrected chi connectivity index (χ3v) is 3.52. The van der Waals surface area contributed by atoms with Crippen LogP contribution in [0.15, 0.2) is 6.07 Å². The van der Waals surface area contributed by atoms with Gasteiger partial charge in [0.2, 0.25) is 0 Å². The zero-order valence-corrected chi connectivity index (χ0v) is 12.6. The second kappa shape index (κ2) is 6.34. The summed E-state index contributed by atoms with van der Waals surface area (Å²) >= 11 is 0. The monoisotopic (exact) mass is 253 g/mol. The van der Waals surface area contributed by atoms with Crippen molar-refractivity contribution in [1.82, 2.24) is 15.1 Å². The summed E-state index contributed by atoms with van der Waals surface area (Å²) in [5.74, 6) is 0. The highest BCUT2D eigenvalue weighted by molar-refractivity contribution is 5.11. The summed E-state index contributed by atoms with van der Waals surface area (Å²) in [6, 6.07) is 2.43. The summed E-state index contributed by atoms with van der Waals surface area (Å²) in [6.07, 6.45) is 2.05. The van der Waals surface area contributed by atoms with Crippen molar-refractivity contribution >= 4 is 0 Å². The molecule has 1 aromatic heterocycles. The summed E-state index contributed by atoms with van der Waals surface area (Å²) < 4.78 is 7.58. The molecule has 0 aromatic carbocycles. The topological polar surface area (TPSA) is 39.1 Å².